The van der Waals surface area contributed by atoms with E-state index in [1.54, 1.807) is 18.2 Å². The molecule has 0 bridgehead atoms. The summed E-state index contributed by atoms with van der Waals surface area (Å²) in [6.07, 6.45) is -4.58. The van der Waals surface area contributed by atoms with Gasteiger partial charge < -0.3 is 14.5 Å². The van der Waals surface area contributed by atoms with Gasteiger partial charge in [0.1, 0.15) is 5.56 Å². The fourth-order valence-electron chi connectivity index (χ4n) is 2.45. The number of para-hydroxylation sites is 1. The van der Waals surface area contributed by atoms with Crippen molar-refractivity contribution in [3.63, 3.8) is 0 Å². The number of hydrogen-bond acceptors (Lipinski definition) is 4. The summed E-state index contributed by atoms with van der Waals surface area (Å²) in [7, 11) is 1.43. The third-order valence-electron chi connectivity index (χ3n) is 3.76. The fourth-order valence-corrected chi connectivity index (χ4v) is 2.62. The number of amides is 1. The van der Waals surface area contributed by atoms with E-state index in [0.717, 1.165) is 18.2 Å². The van der Waals surface area contributed by atoms with Crippen LogP contribution < -0.4 is 15.6 Å². The highest BCUT2D eigenvalue weighted by molar-refractivity contribution is 6.34. The molecule has 0 aliphatic carbocycles. The van der Waals surface area contributed by atoms with Gasteiger partial charge >= 0.3 is 6.18 Å². The Bertz CT molecular complexity index is 1090. The molecule has 5 nitrogen and oxygen atoms in total. The van der Waals surface area contributed by atoms with E-state index in [4.69, 9.17) is 26.2 Å². The van der Waals surface area contributed by atoms with E-state index in [9.17, 15) is 18.0 Å². The van der Waals surface area contributed by atoms with Gasteiger partial charge in [-0.05, 0) is 30.3 Å². The molecule has 3 rings (SSSR count). The summed E-state index contributed by atoms with van der Waals surface area (Å²) in [6, 6.07) is 8.92. The van der Waals surface area contributed by atoms with Crippen LogP contribution in [0.1, 0.15) is 15.9 Å². The molecule has 27 heavy (non-hydrogen) atoms. The molecular weight excluding hydrogens is 385 g/mol. The lowest BCUT2D eigenvalue weighted by Gasteiger charge is -2.12. The number of rotatable bonds is 3. The summed E-state index contributed by atoms with van der Waals surface area (Å²) in [5, 5.41) is 10.6. The van der Waals surface area contributed by atoms with Gasteiger partial charge in [-0.3, -0.25) is 10.2 Å². The summed E-state index contributed by atoms with van der Waals surface area (Å²) in [4.78, 5) is 12.5. The average molecular weight is 397 g/mol. The van der Waals surface area contributed by atoms with Crippen molar-refractivity contribution in [2.45, 2.75) is 6.18 Å². The van der Waals surface area contributed by atoms with Gasteiger partial charge in [0.25, 0.3) is 5.91 Å². The van der Waals surface area contributed by atoms with Crippen LogP contribution in [0.4, 0.5) is 18.9 Å². The Morgan fingerprint density at radius 3 is 2.63 bits per heavy atom. The van der Waals surface area contributed by atoms with E-state index in [1.807, 2.05) is 0 Å². The summed E-state index contributed by atoms with van der Waals surface area (Å²) < 4.78 is 49.1. The highest BCUT2D eigenvalue weighted by Crippen LogP contribution is 2.34. The first-order valence-electron chi connectivity index (χ1n) is 7.54. The lowest BCUT2D eigenvalue weighted by atomic mass is 10.1. The van der Waals surface area contributed by atoms with Crippen LogP contribution in [0.2, 0.25) is 5.02 Å². The summed E-state index contributed by atoms with van der Waals surface area (Å²) >= 11 is 5.88. The van der Waals surface area contributed by atoms with E-state index in [1.165, 1.54) is 13.2 Å². The molecule has 2 N–H and O–H groups in total. The van der Waals surface area contributed by atoms with Gasteiger partial charge in [0.05, 0.1) is 23.4 Å². The molecule has 1 heterocycles. The number of hydrogen-bond donors (Lipinski definition) is 2. The third kappa shape index (κ3) is 3.75. The minimum Gasteiger partial charge on any atom is -0.493 e. The second-order valence-electron chi connectivity index (χ2n) is 5.51. The van der Waals surface area contributed by atoms with Crippen LogP contribution >= 0.6 is 11.6 Å². The number of benzene rings is 2. The first-order chi connectivity index (χ1) is 12.7. The Labute approximate surface area is 155 Å². The molecule has 0 radical (unpaired) electrons. The summed E-state index contributed by atoms with van der Waals surface area (Å²) in [5.74, 6) is -0.441. The number of alkyl halides is 3. The largest absolute Gasteiger partial charge is 0.493 e. The topological polar surface area (TPSA) is 75.3 Å². The van der Waals surface area contributed by atoms with Gasteiger partial charge in [0.15, 0.2) is 11.3 Å². The Morgan fingerprint density at radius 1 is 1.22 bits per heavy atom. The molecule has 0 saturated heterocycles. The predicted molar refractivity (Wildman–Crippen MR) is 93.0 cm³/mol. The zero-order chi connectivity index (χ0) is 19.8. The molecule has 0 aliphatic heterocycles. The molecule has 0 atom stereocenters. The van der Waals surface area contributed by atoms with Crippen molar-refractivity contribution in [1.82, 2.24) is 0 Å². The second kappa shape index (κ2) is 6.96. The normalized spacial score (nSPS) is 11.4. The first-order valence-corrected chi connectivity index (χ1v) is 7.92. The monoisotopic (exact) mass is 396 g/mol. The smallest absolute Gasteiger partial charge is 0.416 e. The zero-order valence-corrected chi connectivity index (χ0v) is 14.5. The Kier molecular flexibility index (Phi) is 4.84. The molecule has 1 amide bonds. The molecule has 9 heteroatoms. The van der Waals surface area contributed by atoms with Crippen LogP contribution in [0.15, 0.2) is 46.9 Å². The zero-order valence-electron chi connectivity index (χ0n) is 13.8. The van der Waals surface area contributed by atoms with Gasteiger partial charge in [-0.1, -0.05) is 23.7 Å². The van der Waals surface area contributed by atoms with E-state index >= 15 is 0 Å². The number of fused-ring (bicyclic) bond motifs is 1. The van der Waals surface area contributed by atoms with Crippen molar-refractivity contribution in [3.05, 3.63) is 64.2 Å². The van der Waals surface area contributed by atoms with Crippen LogP contribution in [-0.2, 0) is 6.18 Å². The fraction of sp³-hybridized carbons (Fsp3) is 0.111. The average Bonchev–Trinajstić information content (AvgIpc) is 2.61. The maximum atomic E-state index is 12.9. The first kappa shape index (κ1) is 18.8. The minimum absolute atomic E-state index is 0.0673. The standard InChI is InChI=1S/C18H12ClF3N2O3/c1-26-14-4-2-3-9-7-11(16(23)27-15(9)14)17(25)24-13-8-10(18(20,21)22)5-6-12(13)19/h2-8,23H,1H3,(H,24,25). The van der Waals surface area contributed by atoms with Crippen molar-refractivity contribution in [2.24, 2.45) is 0 Å². The van der Waals surface area contributed by atoms with Gasteiger partial charge in [0, 0.05) is 5.39 Å². The highest BCUT2D eigenvalue weighted by atomic mass is 35.5. The minimum atomic E-state index is -4.58. The lowest BCUT2D eigenvalue weighted by molar-refractivity contribution is -0.137. The molecule has 140 valence electrons. The van der Waals surface area contributed by atoms with E-state index in [-0.39, 0.29) is 21.9 Å². The highest BCUT2D eigenvalue weighted by Gasteiger charge is 2.31. The number of carbonyl (C=O) groups excluding carboxylic acids is 1. The van der Waals surface area contributed by atoms with Crippen molar-refractivity contribution in [3.8, 4) is 5.75 Å². The van der Waals surface area contributed by atoms with Crippen molar-refractivity contribution >= 4 is 34.2 Å². The maximum absolute atomic E-state index is 12.9. The van der Waals surface area contributed by atoms with Crippen molar-refractivity contribution < 1.29 is 27.1 Å². The molecule has 0 spiro atoms. The van der Waals surface area contributed by atoms with Crippen LogP contribution in [0, 0.1) is 5.41 Å². The third-order valence-corrected chi connectivity index (χ3v) is 4.09. The number of methoxy groups -OCH3 is 1. The Morgan fingerprint density at radius 2 is 1.96 bits per heavy atom. The molecule has 3 aromatic rings. The lowest BCUT2D eigenvalue weighted by Crippen LogP contribution is -2.21. The molecule has 0 aliphatic rings. The summed E-state index contributed by atoms with van der Waals surface area (Å²) in [5.41, 5.74) is -1.53. The van der Waals surface area contributed by atoms with E-state index in [2.05, 4.69) is 5.32 Å². The number of anilines is 1. The molecular formula is C18H12ClF3N2O3. The molecule has 2 aromatic carbocycles. The van der Waals surface area contributed by atoms with Gasteiger partial charge in [-0.25, -0.2) is 0 Å². The SMILES string of the molecule is COc1cccc2cc(C(=O)Nc3cc(C(F)(F)F)ccc3Cl)c(=N)oc12. The van der Waals surface area contributed by atoms with E-state index < -0.39 is 23.2 Å². The Hall–Kier alpha value is -3.00. The van der Waals surface area contributed by atoms with E-state index in [0.29, 0.717) is 11.1 Å². The number of nitrogens with one attached hydrogen (secondary N) is 2. The Balaban J connectivity index is 2.00. The van der Waals surface area contributed by atoms with Gasteiger partial charge in [-0.2, -0.15) is 13.2 Å². The number of halogens is 4. The summed E-state index contributed by atoms with van der Waals surface area (Å²) in [6.45, 7) is 0. The molecule has 1 aromatic heterocycles. The molecule has 0 unspecified atom stereocenters. The maximum Gasteiger partial charge on any atom is 0.416 e. The van der Waals surface area contributed by atoms with Crippen LogP contribution in [0.25, 0.3) is 11.0 Å². The molecule has 0 saturated carbocycles. The molecule has 0 fully saturated rings. The predicted octanol–water partition coefficient (Wildman–Crippen LogP) is 4.85. The van der Waals surface area contributed by atoms with Crippen LogP contribution in [-0.4, -0.2) is 13.0 Å². The van der Waals surface area contributed by atoms with Gasteiger partial charge in [-0.15, -0.1) is 0 Å². The van der Waals surface area contributed by atoms with Gasteiger partial charge in [0.2, 0.25) is 5.55 Å². The number of carbonyl (C=O) groups is 1. The van der Waals surface area contributed by atoms with Crippen molar-refractivity contribution in [2.75, 3.05) is 12.4 Å². The van der Waals surface area contributed by atoms with Crippen molar-refractivity contribution in [1.29, 1.82) is 5.41 Å². The number of ether oxygens (including phenoxy) is 1. The quantitative estimate of drug-likeness (QED) is 0.664. The van der Waals surface area contributed by atoms with Crippen LogP contribution in [0.3, 0.4) is 0 Å². The van der Waals surface area contributed by atoms with Crippen LogP contribution in [0.5, 0.6) is 5.75 Å². The second-order valence-corrected chi connectivity index (χ2v) is 5.92.